The van der Waals surface area contributed by atoms with Gasteiger partial charge < -0.3 is 9.80 Å². The molecular weight excluding hydrogens is 328 g/mol. The summed E-state index contributed by atoms with van der Waals surface area (Å²) in [4.78, 5) is 26.7. The van der Waals surface area contributed by atoms with Crippen LogP contribution in [0.5, 0.6) is 0 Å². The van der Waals surface area contributed by atoms with Gasteiger partial charge in [0.1, 0.15) is 5.69 Å². The highest BCUT2D eigenvalue weighted by Gasteiger charge is 2.19. The van der Waals surface area contributed by atoms with E-state index in [1.165, 1.54) is 22.7 Å². The minimum atomic E-state index is -0.0305. The normalized spacial score (nSPS) is 11.3. The molecule has 23 heavy (non-hydrogen) atoms. The van der Waals surface area contributed by atoms with Crippen molar-refractivity contribution in [2.45, 2.75) is 0 Å². The van der Waals surface area contributed by atoms with Crippen molar-refractivity contribution in [3.05, 3.63) is 39.5 Å². The number of anilines is 1. The van der Waals surface area contributed by atoms with Gasteiger partial charge in [-0.2, -0.15) is 0 Å². The Labute approximate surface area is 143 Å². The maximum absolute atomic E-state index is 12.8. The van der Waals surface area contributed by atoms with Crippen LogP contribution in [0.15, 0.2) is 29.0 Å². The molecule has 0 aliphatic heterocycles. The zero-order valence-corrected chi connectivity index (χ0v) is 14.9. The van der Waals surface area contributed by atoms with E-state index in [2.05, 4.69) is 14.9 Å². The first-order chi connectivity index (χ1) is 11.1. The summed E-state index contributed by atoms with van der Waals surface area (Å²) in [6.45, 7) is 1.70. The highest BCUT2D eigenvalue weighted by atomic mass is 32.1. The number of aromatic nitrogens is 2. The number of hydrogen-bond acceptors (Lipinski definition) is 7. The van der Waals surface area contributed by atoms with Gasteiger partial charge in [0, 0.05) is 20.1 Å². The monoisotopic (exact) mass is 346 g/mol. The number of nitrogens with zero attached hydrogens (tertiary/aromatic N) is 4. The highest BCUT2D eigenvalue weighted by Crippen LogP contribution is 2.27. The van der Waals surface area contributed by atoms with E-state index in [4.69, 9.17) is 0 Å². The summed E-state index contributed by atoms with van der Waals surface area (Å²) in [5.41, 5.74) is 1.33. The number of likely N-dealkylation sites (N-methyl/N-ethyl adjacent to an activating group) is 2. The van der Waals surface area contributed by atoms with Crippen molar-refractivity contribution < 1.29 is 4.79 Å². The third-order valence-electron chi connectivity index (χ3n) is 3.48. The molecule has 0 spiro atoms. The van der Waals surface area contributed by atoms with Crippen LogP contribution in [0.2, 0.25) is 0 Å². The summed E-state index contributed by atoms with van der Waals surface area (Å²) >= 11 is 2.95. The lowest BCUT2D eigenvalue weighted by Crippen LogP contribution is -2.30. The molecule has 0 atom stereocenters. The van der Waals surface area contributed by atoms with Crippen LogP contribution in [-0.2, 0) is 0 Å². The predicted octanol–water partition coefficient (Wildman–Crippen LogP) is 2.98. The predicted molar refractivity (Wildman–Crippen MR) is 97.0 cm³/mol. The van der Waals surface area contributed by atoms with E-state index in [9.17, 15) is 4.79 Å². The third-order valence-corrected chi connectivity index (χ3v) is 5.25. The van der Waals surface area contributed by atoms with Crippen LogP contribution < -0.4 is 4.90 Å². The molecule has 3 aromatic rings. The van der Waals surface area contributed by atoms with Crippen molar-refractivity contribution in [2.75, 3.05) is 39.1 Å². The number of ketones is 1. The maximum Gasteiger partial charge on any atom is 0.226 e. The fraction of sp³-hybridized carbons (Fsp3) is 0.312. The maximum atomic E-state index is 12.8. The van der Waals surface area contributed by atoms with E-state index >= 15 is 0 Å². The van der Waals surface area contributed by atoms with E-state index in [-0.39, 0.29) is 5.78 Å². The first-order valence-corrected chi connectivity index (χ1v) is 9.01. The number of hydrogen-bond donors (Lipinski definition) is 0. The fourth-order valence-corrected chi connectivity index (χ4v) is 3.63. The van der Waals surface area contributed by atoms with Gasteiger partial charge in [-0.05, 0) is 37.0 Å². The molecule has 120 valence electrons. The topological polar surface area (TPSA) is 49.3 Å². The molecule has 5 nitrogen and oxygen atoms in total. The average Bonchev–Trinajstić information content (AvgIpc) is 3.21. The van der Waals surface area contributed by atoms with Crippen LogP contribution in [0.25, 0.3) is 10.2 Å². The number of fused-ring (bicyclic) bond motifs is 1. The Morgan fingerprint density at radius 1 is 1.09 bits per heavy atom. The summed E-state index contributed by atoms with van der Waals surface area (Å²) in [6.07, 6.45) is 0. The third kappa shape index (κ3) is 3.41. The Morgan fingerprint density at radius 3 is 2.61 bits per heavy atom. The van der Waals surface area contributed by atoms with Gasteiger partial charge in [0.15, 0.2) is 0 Å². The Kier molecular flexibility index (Phi) is 4.70. The molecule has 0 amide bonds. The second-order valence-corrected chi connectivity index (χ2v) is 7.40. The number of carbonyl (C=O) groups excluding carboxylic acids is 1. The van der Waals surface area contributed by atoms with Gasteiger partial charge in [0.2, 0.25) is 11.7 Å². The molecule has 0 fully saturated rings. The minimum Gasteiger partial charge on any atom is -0.343 e. The molecule has 0 aromatic carbocycles. The summed E-state index contributed by atoms with van der Waals surface area (Å²) in [5, 5.41) is 3.86. The lowest BCUT2D eigenvalue weighted by molar-refractivity contribution is 0.103. The summed E-state index contributed by atoms with van der Waals surface area (Å²) < 4.78 is 0.855. The van der Waals surface area contributed by atoms with Crippen LogP contribution >= 0.6 is 22.7 Å². The molecule has 3 rings (SSSR count). The summed E-state index contributed by atoms with van der Waals surface area (Å²) in [5.74, 6) is 0.565. The van der Waals surface area contributed by atoms with E-state index in [1.54, 1.807) is 0 Å². The van der Waals surface area contributed by atoms with Crippen molar-refractivity contribution >= 4 is 44.6 Å². The molecule has 0 aliphatic rings. The van der Waals surface area contributed by atoms with Crippen molar-refractivity contribution in [3.8, 4) is 0 Å². The molecule has 0 saturated heterocycles. The van der Waals surface area contributed by atoms with Crippen LogP contribution in [0.3, 0.4) is 0 Å². The zero-order valence-electron chi connectivity index (χ0n) is 13.3. The molecule has 7 heteroatoms. The molecule has 0 unspecified atom stereocenters. The highest BCUT2D eigenvalue weighted by molar-refractivity contribution is 7.17. The molecule has 3 heterocycles. The summed E-state index contributed by atoms with van der Waals surface area (Å²) in [6, 6.07) is 5.66. The molecule has 0 bridgehead atoms. The van der Waals surface area contributed by atoms with Gasteiger partial charge in [-0.3, -0.25) is 4.79 Å². The van der Waals surface area contributed by atoms with E-state index in [1.807, 2.05) is 55.0 Å². The Bertz CT molecular complexity index is 811. The first-order valence-electron chi connectivity index (χ1n) is 7.25. The smallest absolute Gasteiger partial charge is 0.226 e. The van der Waals surface area contributed by atoms with Crippen LogP contribution in [0.1, 0.15) is 15.4 Å². The lowest BCUT2D eigenvalue weighted by Gasteiger charge is -2.20. The van der Waals surface area contributed by atoms with Gasteiger partial charge >= 0.3 is 0 Å². The quantitative estimate of drug-likeness (QED) is 0.642. The van der Waals surface area contributed by atoms with Gasteiger partial charge in [-0.1, -0.05) is 6.07 Å². The van der Waals surface area contributed by atoms with Crippen LogP contribution in [0, 0.1) is 0 Å². The fourth-order valence-electron chi connectivity index (χ4n) is 2.15. The number of rotatable bonds is 6. The Morgan fingerprint density at radius 2 is 1.91 bits per heavy atom. The Balaban J connectivity index is 2.00. The molecular formula is C16H18N4OS2. The second kappa shape index (κ2) is 6.74. The standard InChI is InChI=1S/C16H18N4OS2/c1-19(2)7-8-20(3)16-17-11-6-10-23-15(11)13(18-16)14(21)12-5-4-9-22-12/h4-6,9-10H,7-8H2,1-3H3. The molecule has 0 aliphatic carbocycles. The Hall–Kier alpha value is -1.83. The van der Waals surface area contributed by atoms with Gasteiger partial charge in [-0.15, -0.1) is 22.7 Å². The van der Waals surface area contributed by atoms with E-state index < -0.39 is 0 Å². The average molecular weight is 346 g/mol. The summed E-state index contributed by atoms with van der Waals surface area (Å²) in [7, 11) is 6.02. The minimum absolute atomic E-state index is 0.0305. The SMILES string of the molecule is CN(C)CCN(C)c1nc(C(=O)c2cccs2)c2sccc2n1. The number of carbonyl (C=O) groups is 1. The molecule has 0 radical (unpaired) electrons. The lowest BCUT2D eigenvalue weighted by atomic mass is 10.2. The van der Waals surface area contributed by atoms with Crippen LogP contribution in [-0.4, -0.2) is 54.9 Å². The first kappa shape index (κ1) is 16.0. The number of thiophene rings is 2. The largest absolute Gasteiger partial charge is 0.343 e. The van der Waals surface area contributed by atoms with E-state index in [0.29, 0.717) is 16.5 Å². The zero-order chi connectivity index (χ0) is 16.4. The van der Waals surface area contributed by atoms with Crippen molar-refractivity contribution in [3.63, 3.8) is 0 Å². The molecule has 0 saturated carbocycles. The van der Waals surface area contributed by atoms with Crippen molar-refractivity contribution in [1.29, 1.82) is 0 Å². The van der Waals surface area contributed by atoms with E-state index in [0.717, 1.165) is 23.3 Å². The van der Waals surface area contributed by atoms with Crippen LogP contribution in [0.4, 0.5) is 5.95 Å². The van der Waals surface area contributed by atoms with Crippen molar-refractivity contribution in [2.24, 2.45) is 0 Å². The second-order valence-electron chi connectivity index (χ2n) is 5.54. The van der Waals surface area contributed by atoms with Gasteiger partial charge in [0.05, 0.1) is 15.1 Å². The van der Waals surface area contributed by atoms with Gasteiger partial charge in [0.25, 0.3) is 0 Å². The van der Waals surface area contributed by atoms with Crippen molar-refractivity contribution in [1.82, 2.24) is 14.9 Å². The van der Waals surface area contributed by atoms with Gasteiger partial charge in [-0.25, -0.2) is 9.97 Å². The molecule has 0 N–H and O–H groups in total. The molecule has 3 aromatic heterocycles.